The van der Waals surface area contributed by atoms with Gasteiger partial charge in [0, 0.05) is 24.8 Å². The van der Waals surface area contributed by atoms with Crippen LogP contribution in [-0.2, 0) is 0 Å². The van der Waals surface area contributed by atoms with E-state index in [1.54, 1.807) is 0 Å². The summed E-state index contributed by atoms with van der Waals surface area (Å²) in [6.45, 7) is 9.51. The van der Waals surface area contributed by atoms with E-state index in [9.17, 15) is 4.79 Å². The fourth-order valence-electron chi connectivity index (χ4n) is 2.39. The Labute approximate surface area is 116 Å². The van der Waals surface area contributed by atoms with Crippen LogP contribution in [0.25, 0.3) is 0 Å². The van der Waals surface area contributed by atoms with Crippen LogP contribution in [0, 0.1) is 11.3 Å². The fourth-order valence-corrected chi connectivity index (χ4v) is 2.39. The Morgan fingerprint density at radius 2 is 1.79 bits per heavy atom. The van der Waals surface area contributed by atoms with Crippen molar-refractivity contribution in [1.29, 1.82) is 0 Å². The number of hydrogen-bond acceptors (Lipinski definition) is 2. The average molecular weight is 262 g/mol. The molecule has 1 amide bonds. The molecule has 0 saturated carbocycles. The van der Waals surface area contributed by atoms with Gasteiger partial charge in [0.2, 0.25) is 0 Å². The van der Waals surface area contributed by atoms with E-state index < -0.39 is 0 Å². The highest BCUT2D eigenvalue weighted by Gasteiger charge is 2.20. The van der Waals surface area contributed by atoms with Crippen molar-refractivity contribution in [2.45, 2.75) is 34.1 Å². The van der Waals surface area contributed by atoms with Crippen LogP contribution >= 0.6 is 0 Å². The molecule has 2 N–H and O–H groups in total. The summed E-state index contributed by atoms with van der Waals surface area (Å²) >= 11 is 0. The van der Waals surface area contributed by atoms with Crippen LogP contribution in [0.15, 0.2) is 24.3 Å². The van der Waals surface area contributed by atoms with Gasteiger partial charge in [0.15, 0.2) is 0 Å². The second kappa shape index (κ2) is 6.60. The molecule has 0 heterocycles. The minimum absolute atomic E-state index is 0.000478. The minimum Gasteiger partial charge on any atom is -0.388 e. The summed E-state index contributed by atoms with van der Waals surface area (Å²) in [6, 6.07) is 7.51. The quantitative estimate of drug-likeness (QED) is 0.823. The van der Waals surface area contributed by atoms with Crippen molar-refractivity contribution in [2.24, 2.45) is 11.3 Å². The van der Waals surface area contributed by atoms with Gasteiger partial charge >= 0.3 is 0 Å². The highest BCUT2D eigenvalue weighted by atomic mass is 16.1. The Morgan fingerprint density at radius 1 is 1.21 bits per heavy atom. The molecular formula is C16H26N2O. The predicted molar refractivity (Wildman–Crippen MR) is 81.6 cm³/mol. The smallest absolute Gasteiger partial charge is 0.251 e. The molecule has 0 unspecified atom stereocenters. The van der Waals surface area contributed by atoms with Gasteiger partial charge in [-0.1, -0.05) is 27.7 Å². The van der Waals surface area contributed by atoms with E-state index in [2.05, 4.69) is 38.3 Å². The first-order valence-electron chi connectivity index (χ1n) is 6.90. The molecule has 0 radical (unpaired) electrons. The number of benzene rings is 1. The van der Waals surface area contributed by atoms with Crippen molar-refractivity contribution in [2.75, 3.05) is 18.9 Å². The van der Waals surface area contributed by atoms with Crippen molar-refractivity contribution in [3.63, 3.8) is 0 Å². The Morgan fingerprint density at radius 3 is 2.26 bits per heavy atom. The predicted octanol–water partition coefficient (Wildman–Crippen LogP) is 3.53. The van der Waals surface area contributed by atoms with Crippen LogP contribution in [-0.4, -0.2) is 19.5 Å². The van der Waals surface area contributed by atoms with E-state index in [1.807, 2.05) is 31.3 Å². The third kappa shape index (κ3) is 5.33. The molecule has 0 aliphatic carbocycles. The summed E-state index contributed by atoms with van der Waals surface area (Å²) in [5.41, 5.74) is 1.85. The lowest BCUT2D eigenvalue weighted by atomic mass is 9.84. The lowest BCUT2D eigenvalue weighted by molar-refractivity contribution is 0.0931. The van der Waals surface area contributed by atoms with E-state index in [1.165, 1.54) is 0 Å². The monoisotopic (exact) mass is 262 g/mol. The maximum absolute atomic E-state index is 12.0. The van der Waals surface area contributed by atoms with Gasteiger partial charge in [-0.25, -0.2) is 0 Å². The molecule has 0 aliphatic heterocycles. The van der Waals surface area contributed by atoms with E-state index in [0.29, 0.717) is 18.0 Å². The first kappa shape index (κ1) is 15.5. The minimum atomic E-state index is -0.000478. The zero-order chi connectivity index (χ0) is 14.5. The molecule has 1 rings (SSSR count). The van der Waals surface area contributed by atoms with Gasteiger partial charge in [0.05, 0.1) is 0 Å². The van der Waals surface area contributed by atoms with E-state index in [0.717, 1.165) is 12.1 Å². The summed E-state index contributed by atoms with van der Waals surface area (Å²) < 4.78 is 0. The summed E-state index contributed by atoms with van der Waals surface area (Å²) in [5.74, 6) is 0.640. The number of anilines is 1. The number of rotatable bonds is 6. The second-order valence-corrected chi connectivity index (χ2v) is 6.27. The molecule has 1 aromatic rings. The number of amides is 1. The zero-order valence-electron chi connectivity index (χ0n) is 12.7. The maximum Gasteiger partial charge on any atom is 0.251 e. The molecule has 1 aromatic carbocycles. The summed E-state index contributed by atoms with van der Waals surface area (Å²) in [5, 5.41) is 6.06. The molecule has 0 saturated heterocycles. The van der Waals surface area contributed by atoms with Gasteiger partial charge in [-0.15, -0.1) is 0 Å². The van der Waals surface area contributed by atoms with Crippen molar-refractivity contribution in [3.8, 4) is 0 Å². The van der Waals surface area contributed by atoms with Crippen LogP contribution in [0.1, 0.15) is 44.5 Å². The normalized spacial score (nSPS) is 11.5. The SMILES string of the molecule is CNc1ccc(C(=O)NCC(C)(C)CC(C)C)cc1. The molecule has 106 valence electrons. The van der Waals surface area contributed by atoms with Crippen LogP contribution in [0.4, 0.5) is 5.69 Å². The van der Waals surface area contributed by atoms with Crippen molar-refractivity contribution < 1.29 is 4.79 Å². The zero-order valence-corrected chi connectivity index (χ0v) is 12.7. The Hall–Kier alpha value is -1.51. The van der Waals surface area contributed by atoms with Crippen molar-refractivity contribution in [1.82, 2.24) is 5.32 Å². The molecule has 0 bridgehead atoms. The van der Waals surface area contributed by atoms with Gasteiger partial charge < -0.3 is 10.6 Å². The Bertz CT molecular complexity index is 407. The van der Waals surface area contributed by atoms with E-state index >= 15 is 0 Å². The van der Waals surface area contributed by atoms with E-state index in [4.69, 9.17) is 0 Å². The molecule has 0 spiro atoms. The van der Waals surface area contributed by atoms with Crippen LogP contribution < -0.4 is 10.6 Å². The third-order valence-corrected chi connectivity index (χ3v) is 3.12. The summed E-state index contributed by atoms with van der Waals surface area (Å²) in [7, 11) is 1.86. The van der Waals surface area contributed by atoms with Gasteiger partial charge in [0.25, 0.3) is 5.91 Å². The molecule has 3 heteroatoms. The average Bonchev–Trinajstić information content (AvgIpc) is 2.34. The van der Waals surface area contributed by atoms with Crippen molar-refractivity contribution in [3.05, 3.63) is 29.8 Å². The van der Waals surface area contributed by atoms with Crippen LogP contribution in [0.5, 0.6) is 0 Å². The molecule has 0 aliphatic rings. The highest BCUT2D eigenvalue weighted by Crippen LogP contribution is 2.24. The largest absolute Gasteiger partial charge is 0.388 e. The third-order valence-electron chi connectivity index (χ3n) is 3.12. The topological polar surface area (TPSA) is 41.1 Å². The van der Waals surface area contributed by atoms with Crippen LogP contribution in [0.2, 0.25) is 0 Å². The summed E-state index contributed by atoms with van der Waals surface area (Å²) in [4.78, 5) is 12.0. The molecule has 19 heavy (non-hydrogen) atoms. The van der Waals surface area contributed by atoms with Crippen molar-refractivity contribution >= 4 is 11.6 Å². The van der Waals surface area contributed by atoms with Gasteiger partial charge in [-0.05, 0) is 42.0 Å². The molecule has 0 fully saturated rings. The van der Waals surface area contributed by atoms with E-state index in [-0.39, 0.29) is 11.3 Å². The lowest BCUT2D eigenvalue weighted by Gasteiger charge is -2.27. The molecule has 0 atom stereocenters. The number of hydrogen-bond donors (Lipinski definition) is 2. The lowest BCUT2D eigenvalue weighted by Crippen LogP contribution is -2.34. The number of carbonyl (C=O) groups excluding carboxylic acids is 1. The van der Waals surface area contributed by atoms with Gasteiger partial charge in [-0.3, -0.25) is 4.79 Å². The van der Waals surface area contributed by atoms with Gasteiger partial charge in [-0.2, -0.15) is 0 Å². The first-order chi connectivity index (χ1) is 8.84. The molecule has 3 nitrogen and oxygen atoms in total. The number of nitrogens with one attached hydrogen (secondary N) is 2. The van der Waals surface area contributed by atoms with Gasteiger partial charge in [0.1, 0.15) is 0 Å². The second-order valence-electron chi connectivity index (χ2n) is 6.27. The Kier molecular flexibility index (Phi) is 5.40. The summed E-state index contributed by atoms with van der Waals surface area (Å²) in [6.07, 6.45) is 1.10. The number of carbonyl (C=O) groups is 1. The standard InChI is InChI=1S/C16H26N2O/c1-12(2)10-16(3,4)11-18-15(19)13-6-8-14(17-5)9-7-13/h6-9,12,17H,10-11H2,1-5H3,(H,18,19). The van der Waals surface area contributed by atoms with Crippen LogP contribution in [0.3, 0.4) is 0 Å². The maximum atomic E-state index is 12.0. The Balaban J connectivity index is 2.55. The fraction of sp³-hybridized carbons (Fsp3) is 0.562. The first-order valence-corrected chi connectivity index (χ1v) is 6.90. The molecule has 0 aromatic heterocycles. The highest BCUT2D eigenvalue weighted by molar-refractivity contribution is 5.94. The molecular weight excluding hydrogens is 236 g/mol.